The van der Waals surface area contributed by atoms with Crippen molar-refractivity contribution >= 4 is 53.1 Å². The number of aryl methyl sites for hydroxylation is 1. The molecule has 5 amide bonds. The van der Waals surface area contributed by atoms with Crippen LogP contribution in [0.4, 0.5) is 11.4 Å². The normalized spacial score (nSPS) is 24.3. The topological polar surface area (TPSA) is 200 Å². The van der Waals surface area contributed by atoms with E-state index in [4.69, 9.17) is 23.9 Å². The van der Waals surface area contributed by atoms with Crippen molar-refractivity contribution in [1.29, 1.82) is 0 Å². The van der Waals surface area contributed by atoms with E-state index in [0.717, 1.165) is 79.8 Å². The highest BCUT2D eigenvalue weighted by molar-refractivity contribution is 6.24. The fourth-order valence-corrected chi connectivity index (χ4v) is 9.51. The number of nitrogens with one attached hydrogen (secondary N) is 2. The number of benzene rings is 2. The Balaban J connectivity index is 0.708. The van der Waals surface area contributed by atoms with E-state index in [9.17, 15) is 24.0 Å². The Hall–Kier alpha value is -6.12. The van der Waals surface area contributed by atoms with Crippen LogP contribution in [0, 0.1) is 12.8 Å². The summed E-state index contributed by atoms with van der Waals surface area (Å²) < 4.78 is 23.8. The summed E-state index contributed by atoms with van der Waals surface area (Å²) >= 11 is 0. The van der Waals surface area contributed by atoms with Crippen LogP contribution in [0.2, 0.25) is 0 Å². The first-order valence-electron chi connectivity index (χ1n) is 23.3. The quantitative estimate of drug-likeness (QED) is 0.187. The van der Waals surface area contributed by atoms with Gasteiger partial charge in [-0.15, -0.1) is 0 Å². The van der Waals surface area contributed by atoms with Gasteiger partial charge in [0.05, 0.1) is 60.5 Å². The van der Waals surface area contributed by atoms with Crippen molar-refractivity contribution in [1.82, 2.24) is 30.0 Å². The molecule has 2 bridgehead atoms. The number of guanidine groups is 1. The number of hydrazone groups is 1. The second-order valence-corrected chi connectivity index (χ2v) is 17.9. The predicted molar refractivity (Wildman–Crippen MR) is 247 cm³/mol. The van der Waals surface area contributed by atoms with E-state index in [1.54, 1.807) is 18.2 Å². The minimum Gasteiger partial charge on any atom is -0.490 e. The summed E-state index contributed by atoms with van der Waals surface area (Å²) in [6.45, 7) is 12.5. The van der Waals surface area contributed by atoms with Gasteiger partial charge in [-0.2, -0.15) is 10.1 Å². The molecule has 3 aromatic rings. The monoisotopic (exact) mass is 918 g/mol. The second kappa shape index (κ2) is 20.4. The fourth-order valence-electron chi connectivity index (χ4n) is 9.51. The number of imide groups is 2. The van der Waals surface area contributed by atoms with Crippen molar-refractivity contribution in [3.8, 4) is 5.75 Å². The first-order valence-corrected chi connectivity index (χ1v) is 23.3. The van der Waals surface area contributed by atoms with E-state index in [0.29, 0.717) is 50.4 Å². The molecule has 2 N–H and O–H groups in total. The smallest absolute Gasteiger partial charge is 0.280 e. The molecule has 2 aromatic carbocycles. The van der Waals surface area contributed by atoms with Crippen molar-refractivity contribution in [2.75, 3.05) is 96.2 Å². The predicted octanol–water partition coefficient (Wildman–Crippen LogP) is 3.24. The summed E-state index contributed by atoms with van der Waals surface area (Å²) in [5, 5.41) is 12.0. The van der Waals surface area contributed by atoms with E-state index in [1.807, 2.05) is 31.3 Å². The summed E-state index contributed by atoms with van der Waals surface area (Å²) in [5.41, 5.74) is 5.40. The average molecular weight is 919 g/mol. The fraction of sp³-hybridized carbons (Fsp3) is 0.500. The van der Waals surface area contributed by atoms with E-state index >= 15 is 0 Å². The van der Waals surface area contributed by atoms with Crippen LogP contribution in [-0.4, -0.2) is 165 Å². The minimum absolute atomic E-state index is 0.0512. The Morgan fingerprint density at radius 1 is 0.866 bits per heavy atom. The van der Waals surface area contributed by atoms with Crippen molar-refractivity contribution < 1.29 is 42.9 Å². The van der Waals surface area contributed by atoms with E-state index < -0.39 is 29.7 Å². The molecule has 2 saturated heterocycles. The second-order valence-electron chi connectivity index (χ2n) is 17.9. The number of anilines is 2. The van der Waals surface area contributed by atoms with Gasteiger partial charge in [0.15, 0.2) is 6.23 Å². The third-order valence-corrected chi connectivity index (χ3v) is 13.0. The average Bonchev–Trinajstić information content (AvgIpc) is 3.93. The first kappa shape index (κ1) is 46.0. The number of nitrogens with zero attached hydrogens (tertiary/aromatic N) is 8. The first-order chi connectivity index (χ1) is 32.5. The van der Waals surface area contributed by atoms with Gasteiger partial charge >= 0.3 is 0 Å². The number of amides is 5. The van der Waals surface area contributed by atoms with E-state index in [2.05, 4.69) is 60.5 Å². The minimum atomic E-state index is -1.04. The van der Waals surface area contributed by atoms with Gasteiger partial charge in [0.25, 0.3) is 17.7 Å². The molecular weight excluding hydrogens is 861 g/mol. The molecule has 19 nitrogen and oxygen atoms in total. The molecule has 0 saturated carbocycles. The summed E-state index contributed by atoms with van der Waals surface area (Å²) in [7, 11) is 1.90. The van der Waals surface area contributed by atoms with Gasteiger partial charge in [0, 0.05) is 83.4 Å². The highest BCUT2D eigenvalue weighted by atomic mass is 16.5. The number of hydrogen-bond donors (Lipinski definition) is 2. The molecule has 4 atom stereocenters. The number of hydrogen-bond acceptors (Lipinski definition) is 16. The van der Waals surface area contributed by atoms with Gasteiger partial charge in [0.1, 0.15) is 18.4 Å². The van der Waals surface area contributed by atoms with Crippen molar-refractivity contribution in [3.05, 3.63) is 82.2 Å². The molecule has 3 unspecified atom stereocenters. The Bertz CT molecular complexity index is 2460. The molecule has 67 heavy (non-hydrogen) atoms. The van der Waals surface area contributed by atoms with E-state index in [1.165, 1.54) is 11.6 Å². The van der Waals surface area contributed by atoms with Gasteiger partial charge in [0.2, 0.25) is 17.8 Å². The third kappa shape index (κ3) is 10.3. The summed E-state index contributed by atoms with van der Waals surface area (Å²) in [4.78, 5) is 81.6. The number of piperidine rings is 1. The van der Waals surface area contributed by atoms with Crippen LogP contribution in [0.3, 0.4) is 0 Å². The molecule has 9 rings (SSSR count). The Labute approximate surface area is 389 Å². The molecule has 6 aliphatic rings. The third-order valence-electron chi connectivity index (χ3n) is 13.0. The van der Waals surface area contributed by atoms with Crippen molar-refractivity contribution in [3.63, 3.8) is 0 Å². The molecule has 1 aromatic heterocycles. The molecule has 0 aliphatic carbocycles. The number of carbonyl (C=O) groups excluding carboxylic acids is 5. The van der Waals surface area contributed by atoms with Crippen LogP contribution in [-0.2, 0) is 30.3 Å². The van der Waals surface area contributed by atoms with Crippen molar-refractivity contribution in [2.24, 2.45) is 16.0 Å². The van der Waals surface area contributed by atoms with Crippen LogP contribution < -0.4 is 20.3 Å². The zero-order chi connectivity index (χ0) is 46.6. The maximum absolute atomic E-state index is 13.8. The molecule has 2 fully saturated rings. The Kier molecular flexibility index (Phi) is 14.0. The van der Waals surface area contributed by atoms with Crippen LogP contribution in [0.1, 0.15) is 86.6 Å². The number of aliphatic imine (C=N–C) groups is 1. The lowest BCUT2D eigenvalue weighted by Gasteiger charge is -2.34. The van der Waals surface area contributed by atoms with Crippen LogP contribution in [0.25, 0.3) is 0 Å². The van der Waals surface area contributed by atoms with Crippen LogP contribution in [0.15, 0.2) is 58.6 Å². The summed E-state index contributed by atoms with van der Waals surface area (Å²) in [6.07, 6.45) is 3.54. The molecule has 6 aliphatic heterocycles. The zero-order valence-corrected chi connectivity index (χ0v) is 38.3. The van der Waals surface area contributed by atoms with Gasteiger partial charge in [-0.3, -0.25) is 54.0 Å². The van der Waals surface area contributed by atoms with Crippen LogP contribution >= 0.6 is 0 Å². The molecule has 0 radical (unpaired) electrons. The van der Waals surface area contributed by atoms with Crippen LogP contribution in [0.5, 0.6) is 5.75 Å². The lowest BCUT2D eigenvalue weighted by Crippen LogP contribution is -2.54. The van der Waals surface area contributed by atoms with Gasteiger partial charge in [-0.05, 0) is 74.1 Å². The number of likely N-dealkylation sites (N-methyl/N-ethyl adjacent to an activating group) is 1. The van der Waals surface area contributed by atoms with Gasteiger partial charge < -0.3 is 29.2 Å². The number of rotatable bonds is 13. The lowest BCUT2D eigenvalue weighted by molar-refractivity contribution is -0.136. The highest BCUT2D eigenvalue weighted by Crippen LogP contribution is 2.37. The maximum atomic E-state index is 13.8. The molecule has 354 valence electrons. The number of pyridine rings is 1. The number of ether oxygens (including phenoxy) is 4. The number of aromatic nitrogens is 1. The molecule has 0 spiro atoms. The van der Waals surface area contributed by atoms with Crippen molar-refractivity contribution in [2.45, 2.75) is 64.3 Å². The maximum Gasteiger partial charge on any atom is 0.280 e. The zero-order valence-electron chi connectivity index (χ0n) is 38.3. The Morgan fingerprint density at radius 3 is 2.48 bits per heavy atom. The number of fused-ring (bicyclic) bond motifs is 8. The standard InChI is InChI=1S/C48H58N10O9/c1-30-6-5-18-67-47-35(27-49-54(47)3)37-26-33(24-31(2)50-37)43(60)53-48-51-36-10-9-32(25-39(36)57(48)28-30)29-56-15-13-55(14-16-56)17-19-64-20-21-65-22-23-66-40-8-4-7-34-42(40)46(63)58(45(34)62)38-11-12-41(59)52-44(38)61/h4,7-10,24-27,30,35,38,47H,5-6,11-23,28-29H2,1-3H3,(H,51,53,60)(H,52,59,61)/t30-,35?,38?,47?/m1/s1. The molecule has 19 heteroatoms. The van der Waals surface area contributed by atoms with E-state index in [-0.39, 0.29) is 61.0 Å². The van der Waals surface area contributed by atoms with Gasteiger partial charge in [-0.1, -0.05) is 19.1 Å². The highest BCUT2D eigenvalue weighted by Gasteiger charge is 2.46. The largest absolute Gasteiger partial charge is 0.490 e. The molecule has 7 heterocycles. The Morgan fingerprint density at radius 2 is 1.66 bits per heavy atom. The number of carbonyl (C=O) groups is 5. The summed E-state index contributed by atoms with van der Waals surface area (Å²) in [5.74, 6) is -1.70. The number of piperazine rings is 1. The molecular formula is C48H58N10O9. The lowest BCUT2D eigenvalue weighted by atomic mass is 10.0. The summed E-state index contributed by atoms with van der Waals surface area (Å²) in [6, 6.07) is 13.8. The SMILES string of the molecule is Cc1cc2cc(n1)C1C=NN(C)C1OCCC[C@@H](C)CN1/C(=N/C2=O)Nc2ccc(CN3CCN(CCOCCOCCOc4cccc5c4C(=O)N(C4CCC(=O)NC4=O)C5=O)CC3)cc21. The van der Waals surface area contributed by atoms with Gasteiger partial charge in [-0.25, -0.2) is 0 Å².